The van der Waals surface area contributed by atoms with E-state index in [1.165, 1.54) is 12.3 Å². The van der Waals surface area contributed by atoms with E-state index in [9.17, 15) is 14.4 Å². The lowest BCUT2D eigenvalue weighted by atomic mass is 10.2. The van der Waals surface area contributed by atoms with Crippen molar-refractivity contribution in [1.82, 2.24) is 5.43 Å². The van der Waals surface area contributed by atoms with Crippen molar-refractivity contribution in [3.8, 4) is 11.5 Å². The van der Waals surface area contributed by atoms with Gasteiger partial charge in [-0.25, -0.2) is 10.2 Å². The van der Waals surface area contributed by atoms with E-state index in [1.54, 1.807) is 48.5 Å². The molecule has 3 aromatic rings. The largest absolute Gasteiger partial charge is 0.494 e. The minimum atomic E-state index is -0.963. The molecule has 0 heterocycles. The molecule has 0 unspecified atom stereocenters. The molecular formula is C26H22BrN3O5. The summed E-state index contributed by atoms with van der Waals surface area (Å²) < 4.78 is 11.4. The second kappa shape index (κ2) is 12.9. The number of hydrogen-bond acceptors (Lipinski definition) is 6. The molecule has 0 radical (unpaired) electrons. The van der Waals surface area contributed by atoms with Crippen molar-refractivity contribution in [3.05, 3.63) is 94.5 Å². The van der Waals surface area contributed by atoms with E-state index in [0.29, 0.717) is 28.1 Å². The Morgan fingerprint density at radius 3 is 2.43 bits per heavy atom. The molecule has 0 spiro atoms. The smallest absolute Gasteiger partial charge is 0.336 e. The van der Waals surface area contributed by atoms with Crippen molar-refractivity contribution < 1.29 is 23.9 Å². The molecule has 0 saturated heterocycles. The predicted molar refractivity (Wildman–Crippen MR) is 137 cm³/mol. The Morgan fingerprint density at radius 1 is 0.971 bits per heavy atom. The zero-order valence-electron chi connectivity index (χ0n) is 18.7. The van der Waals surface area contributed by atoms with Crippen LogP contribution in [0, 0.1) is 0 Å². The van der Waals surface area contributed by atoms with Gasteiger partial charge in [0.1, 0.15) is 11.5 Å². The number of amides is 2. The number of benzene rings is 3. The number of carbonyl (C=O) groups excluding carboxylic acids is 3. The topological polar surface area (TPSA) is 106 Å². The van der Waals surface area contributed by atoms with Crippen LogP contribution in [0.3, 0.4) is 0 Å². The molecule has 0 fully saturated rings. The molecule has 9 heteroatoms. The van der Waals surface area contributed by atoms with Crippen LogP contribution < -0.4 is 20.2 Å². The molecule has 0 atom stereocenters. The van der Waals surface area contributed by atoms with Crippen molar-refractivity contribution in [1.29, 1.82) is 0 Å². The Bertz CT molecular complexity index is 1240. The lowest BCUT2D eigenvalue weighted by Gasteiger charge is -2.07. The quantitative estimate of drug-likeness (QED) is 0.110. The van der Waals surface area contributed by atoms with Gasteiger partial charge >= 0.3 is 17.8 Å². The average Bonchev–Trinajstić information content (AvgIpc) is 2.86. The van der Waals surface area contributed by atoms with E-state index in [2.05, 4.69) is 31.8 Å². The van der Waals surface area contributed by atoms with E-state index < -0.39 is 17.8 Å². The van der Waals surface area contributed by atoms with Gasteiger partial charge in [0, 0.05) is 21.8 Å². The summed E-state index contributed by atoms with van der Waals surface area (Å²) in [5.41, 5.74) is 3.85. The highest BCUT2D eigenvalue weighted by Gasteiger charge is 2.13. The van der Waals surface area contributed by atoms with Crippen LogP contribution in [-0.2, 0) is 14.4 Å². The van der Waals surface area contributed by atoms with Gasteiger partial charge < -0.3 is 14.8 Å². The molecule has 0 aromatic heterocycles. The normalized spacial score (nSPS) is 10.8. The highest BCUT2D eigenvalue weighted by Crippen LogP contribution is 2.22. The van der Waals surface area contributed by atoms with Crippen molar-refractivity contribution in [2.24, 2.45) is 5.10 Å². The molecule has 8 nitrogen and oxygen atoms in total. The number of rotatable bonds is 8. The van der Waals surface area contributed by atoms with Gasteiger partial charge in [0.05, 0.1) is 12.8 Å². The molecule has 35 heavy (non-hydrogen) atoms. The summed E-state index contributed by atoms with van der Waals surface area (Å²) in [7, 11) is 0. The van der Waals surface area contributed by atoms with Crippen LogP contribution in [0.1, 0.15) is 18.1 Å². The zero-order chi connectivity index (χ0) is 25.0. The van der Waals surface area contributed by atoms with Crippen molar-refractivity contribution in [2.45, 2.75) is 6.92 Å². The Balaban J connectivity index is 1.59. The summed E-state index contributed by atoms with van der Waals surface area (Å²) >= 11 is 3.34. The molecule has 3 rings (SSSR count). The number of nitrogens with one attached hydrogen (secondary N) is 2. The third kappa shape index (κ3) is 8.24. The van der Waals surface area contributed by atoms with E-state index in [-0.39, 0.29) is 5.75 Å². The number of esters is 1. The molecule has 0 bridgehead atoms. The van der Waals surface area contributed by atoms with Gasteiger partial charge in [-0.1, -0.05) is 46.3 Å². The van der Waals surface area contributed by atoms with Gasteiger partial charge in [0.25, 0.3) is 0 Å². The van der Waals surface area contributed by atoms with Crippen LogP contribution in [0.4, 0.5) is 5.69 Å². The van der Waals surface area contributed by atoms with Crippen molar-refractivity contribution in [2.75, 3.05) is 11.9 Å². The molecule has 178 valence electrons. The maximum Gasteiger partial charge on any atom is 0.336 e. The molecule has 2 N–H and O–H groups in total. The molecule has 2 amide bonds. The van der Waals surface area contributed by atoms with Gasteiger partial charge in [-0.15, -0.1) is 0 Å². The van der Waals surface area contributed by atoms with Crippen LogP contribution >= 0.6 is 15.9 Å². The fourth-order valence-electron chi connectivity index (χ4n) is 2.78. The third-order valence-electron chi connectivity index (χ3n) is 4.39. The Labute approximate surface area is 210 Å². The zero-order valence-corrected chi connectivity index (χ0v) is 20.3. The predicted octanol–water partition coefficient (Wildman–Crippen LogP) is 4.56. The van der Waals surface area contributed by atoms with Gasteiger partial charge in [-0.3, -0.25) is 9.59 Å². The van der Waals surface area contributed by atoms with Gasteiger partial charge in [0.15, 0.2) is 0 Å². The maximum atomic E-state index is 12.2. The van der Waals surface area contributed by atoms with Crippen LogP contribution in [-0.4, -0.2) is 30.6 Å². The molecule has 0 aliphatic rings. The van der Waals surface area contributed by atoms with Crippen LogP contribution in [0.15, 0.2) is 88.4 Å². The highest BCUT2D eigenvalue weighted by molar-refractivity contribution is 9.10. The molecular weight excluding hydrogens is 514 g/mol. The fraction of sp³-hybridized carbons (Fsp3) is 0.0769. The average molecular weight is 536 g/mol. The van der Waals surface area contributed by atoms with E-state index >= 15 is 0 Å². The summed E-state index contributed by atoms with van der Waals surface area (Å²) in [5.74, 6) is -1.55. The van der Waals surface area contributed by atoms with Gasteiger partial charge in [-0.2, -0.15) is 5.10 Å². The van der Waals surface area contributed by atoms with Gasteiger partial charge in [0.2, 0.25) is 0 Å². The summed E-state index contributed by atoms with van der Waals surface area (Å²) in [6, 6.07) is 20.9. The maximum absolute atomic E-state index is 12.2. The van der Waals surface area contributed by atoms with E-state index in [1.807, 2.05) is 37.3 Å². The summed E-state index contributed by atoms with van der Waals surface area (Å²) in [6.45, 7) is 2.39. The standard InChI is InChI=1S/C26H22BrN3O5/c1-2-34-22-12-10-21(11-13-22)29-25(32)26(33)30-28-17-19-16-20(27)9-14-23(19)35-24(31)15-8-18-6-4-3-5-7-18/h3-17H,2H2,1H3,(H,29,32)(H,30,33)/b15-8+,28-17-. The number of hydrazone groups is 1. The number of halogens is 1. The van der Waals surface area contributed by atoms with Gasteiger partial charge in [-0.05, 0) is 61.0 Å². The van der Waals surface area contributed by atoms with Crippen LogP contribution in [0.25, 0.3) is 6.08 Å². The van der Waals surface area contributed by atoms with Crippen LogP contribution in [0.2, 0.25) is 0 Å². The van der Waals surface area contributed by atoms with E-state index in [4.69, 9.17) is 9.47 Å². The second-order valence-electron chi connectivity index (χ2n) is 6.96. The number of nitrogens with zero attached hydrogens (tertiary/aromatic N) is 1. The van der Waals surface area contributed by atoms with Crippen molar-refractivity contribution in [3.63, 3.8) is 0 Å². The van der Waals surface area contributed by atoms with Crippen LogP contribution in [0.5, 0.6) is 11.5 Å². The number of anilines is 1. The summed E-state index contributed by atoms with van der Waals surface area (Å²) in [5, 5.41) is 6.28. The first-order valence-electron chi connectivity index (χ1n) is 10.6. The first-order valence-corrected chi connectivity index (χ1v) is 11.4. The number of carbonyl (C=O) groups is 3. The third-order valence-corrected chi connectivity index (χ3v) is 4.89. The summed E-state index contributed by atoms with van der Waals surface area (Å²) in [6.07, 6.45) is 4.22. The lowest BCUT2D eigenvalue weighted by molar-refractivity contribution is -0.136. The summed E-state index contributed by atoms with van der Waals surface area (Å²) in [4.78, 5) is 36.4. The minimum Gasteiger partial charge on any atom is -0.494 e. The monoisotopic (exact) mass is 535 g/mol. The fourth-order valence-corrected chi connectivity index (χ4v) is 3.16. The van der Waals surface area contributed by atoms with E-state index in [0.717, 1.165) is 5.56 Å². The first-order chi connectivity index (χ1) is 16.9. The Kier molecular flexibility index (Phi) is 9.32. The highest BCUT2D eigenvalue weighted by atomic mass is 79.9. The molecule has 0 saturated carbocycles. The number of hydrogen-bond donors (Lipinski definition) is 2. The first kappa shape index (κ1) is 25.4. The molecule has 0 aliphatic carbocycles. The second-order valence-corrected chi connectivity index (χ2v) is 7.87. The number of ether oxygens (including phenoxy) is 2. The Morgan fingerprint density at radius 2 is 1.71 bits per heavy atom. The molecule has 3 aromatic carbocycles. The Hall–Kier alpha value is -4.24. The minimum absolute atomic E-state index is 0.229. The lowest BCUT2D eigenvalue weighted by Crippen LogP contribution is -2.32. The SMILES string of the molecule is CCOc1ccc(NC(=O)C(=O)N/N=C\c2cc(Br)ccc2OC(=O)/C=C/c2ccccc2)cc1. The van der Waals surface area contributed by atoms with Crippen molar-refractivity contribution >= 4 is 51.7 Å². The molecule has 0 aliphatic heterocycles.